The minimum absolute atomic E-state index is 4.36. The molecule has 0 aliphatic carbocycles. The predicted octanol–water partition coefficient (Wildman–Crippen LogP) is 1.83. The third-order valence-corrected chi connectivity index (χ3v) is 0. The fourth-order valence-corrected chi connectivity index (χ4v) is 0. The zero-order chi connectivity index (χ0) is 5.45. The maximum atomic E-state index is 9.58. The quantitative estimate of drug-likeness (QED) is 0.550. The van der Waals surface area contributed by atoms with E-state index in [-0.39, 0.29) is 0 Å². The Morgan fingerprint density at radius 2 is 1.00 bits per heavy atom. The molecule has 0 aromatic heterocycles. The monoisotopic (exact) mass is 192 g/mol. The molecule has 2 nitrogen and oxygen atoms in total. The van der Waals surface area contributed by atoms with Gasteiger partial charge in [-0.25, -0.2) is 0 Å². The van der Waals surface area contributed by atoms with E-state index in [0.717, 1.165) is 0 Å². The zero-order valence-corrected chi connectivity index (χ0v) is 5.78. The van der Waals surface area contributed by atoms with Gasteiger partial charge in [0.25, 0.3) is 0 Å². The summed E-state index contributed by atoms with van der Waals surface area (Å²) >= 11 is 0. The number of halogens is 3. The number of hydrogen-bond donors (Lipinski definition) is 0. The van der Waals surface area contributed by atoms with Gasteiger partial charge in [0.15, 0.2) is 0 Å². The van der Waals surface area contributed by atoms with Gasteiger partial charge in [-0.2, -0.15) is 0 Å². The van der Waals surface area contributed by atoms with Crippen LogP contribution in [0.2, 0.25) is 0 Å². The molecule has 0 rings (SSSR count). The van der Waals surface area contributed by atoms with E-state index in [0.29, 0.717) is 0 Å². The molecule has 40 valence electrons. The van der Waals surface area contributed by atoms with Crippen LogP contribution in [-0.4, -0.2) is 0 Å². The Kier molecular flexibility index (Phi) is 1.44. The summed E-state index contributed by atoms with van der Waals surface area (Å²) in [5.41, 5.74) is 0. The third kappa shape index (κ3) is 81.1. The molecule has 0 radical (unpaired) electrons. The van der Waals surface area contributed by atoms with Crippen molar-refractivity contribution >= 4 is 30.3 Å². The molecule has 0 aromatic rings. The summed E-state index contributed by atoms with van der Waals surface area (Å²) in [6, 6.07) is 0. The van der Waals surface area contributed by atoms with E-state index in [1.807, 2.05) is 0 Å². The van der Waals surface area contributed by atoms with Gasteiger partial charge in [0.2, 0.25) is 0 Å². The molecule has 0 spiro atoms. The van der Waals surface area contributed by atoms with E-state index in [2.05, 4.69) is 30.3 Å². The summed E-state index contributed by atoms with van der Waals surface area (Å²) < 4.78 is 19.2. The number of hydrogen-bond acceptors (Lipinski definition) is 2. The van der Waals surface area contributed by atoms with Crippen LogP contribution in [0.3, 0.4) is 0 Å². The average molecular weight is 193 g/mol. The van der Waals surface area contributed by atoms with Gasteiger partial charge in [-0.3, -0.25) is 0 Å². The molecule has 0 aromatic carbocycles. The van der Waals surface area contributed by atoms with Crippen molar-refractivity contribution < 1.29 is 16.6 Å². The molecular formula is Cl3MnO2. The summed E-state index contributed by atoms with van der Waals surface area (Å²) in [5.74, 6) is 0. The van der Waals surface area contributed by atoms with Crippen LogP contribution in [0.15, 0.2) is 0 Å². The van der Waals surface area contributed by atoms with Crippen LogP contribution in [0.4, 0.5) is 0 Å². The first-order valence-corrected chi connectivity index (χ1v) is 6.57. The molecular weight excluding hydrogens is 193 g/mol. The fraction of sp³-hybridized carbons (Fsp3) is 0. The van der Waals surface area contributed by atoms with E-state index in [9.17, 15) is 7.67 Å². The topological polar surface area (TPSA) is 34.1 Å². The molecule has 0 atom stereocenters. The van der Waals surface area contributed by atoms with E-state index in [1.165, 1.54) is 0 Å². The van der Waals surface area contributed by atoms with Crippen molar-refractivity contribution in [1.82, 2.24) is 0 Å². The van der Waals surface area contributed by atoms with Gasteiger partial charge in [-0.1, -0.05) is 0 Å². The first-order valence-electron chi connectivity index (χ1n) is 0.737. The van der Waals surface area contributed by atoms with Gasteiger partial charge < -0.3 is 0 Å². The Morgan fingerprint density at radius 1 is 1.00 bits per heavy atom. The van der Waals surface area contributed by atoms with E-state index in [1.54, 1.807) is 0 Å². The van der Waals surface area contributed by atoms with Crippen LogP contribution in [0.25, 0.3) is 0 Å². The van der Waals surface area contributed by atoms with Gasteiger partial charge in [0, 0.05) is 0 Å². The van der Waals surface area contributed by atoms with Crippen molar-refractivity contribution in [1.29, 1.82) is 0 Å². The van der Waals surface area contributed by atoms with Crippen molar-refractivity contribution in [3.8, 4) is 0 Å². The van der Waals surface area contributed by atoms with Gasteiger partial charge in [0.05, 0.1) is 0 Å². The second kappa shape index (κ2) is 1.23. The fourth-order valence-electron chi connectivity index (χ4n) is 0. The first kappa shape index (κ1) is 6.99. The summed E-state index contributed by atoms with van der Waals surface area (Å²) in [7, 11) is 7.73. The van der Waals surface area contributed by atoms with Crippen molar-refractivity contribution in [2.75, 3.05) is 0 Å². The summed E-state index contributed by atoms with van der Waals surface area (Å²) in [6.07, 6.45) is 0. The number of rotatable bonds is 0. The summed E-state index contributed by atoms with van der Waals surface area (Å²) in [5, 5.41) is 0. The molecule has 6 heavy (non-hydrogen) atoms. The van der Waals surface area contributed by atoms with Crippen molar-refractivity contribution in [3.05, 3.63) is 0 Å². The average Bonchev–Trinajstić information content (AvgIpc) is 0.650. The van der Waals surface area contributed by atoms with Crippen molar-refractivity contribution in [2.24, 2.45) is 0 Å². The molecule has 0 N–H and O–H groups in total. The van der Waals surface area contributed by atoms with Gasteiger partial charge in [-0.15, -0.1) is 0 Å². The van der Waals surface area contributed by atoms with Gasteiger partial charge in [0.1, 0.15) is 0 Å². The molecule has 0 unspecified atom stereocenters. The van der Waals surface area contributed by atoms with Crippen LogP contribution in [0.1, 0.15) is 0 Å². The standard InChI is InChI=1S/3ClH.Mn.2O/h3*1H;;;/q;;;+3;;/p-3. The van der Waals surface area contributed by atoms with E-state index < -0.39 is 8.92 Å². The zero-order valence-electron chi connectivity index (χ0n) is 2.33. The Balaban J connectivity index is 4.69. The normalized spacial score (nSPS) is 18.8. The van der Waals surface area contributed by atoms with Crippen molar-refractivity contribution in [2.45, 2.75) is 0 Å². The first-order chi connectivity index (χ1) is 2.24. The van der Waals surface area contributed by atoms with Crippen molar-refractivity contribution in [3.63, 3.8) is 0 Å². The SMILES string of the molecule is [O]=[Mn](=[O])([Cl])([Cl])[Cl]. The van der Waals surface area contributed by atoms with Gasteiger partial charge >= 0.3 is 46.9 Å². The predicted molar refractivity (Wildman–Crippen MR) is 18.9 cm³/mol. The molecule has 0 saturated carbocycles. The van der Waals surface area contributed by atoms with Crippen LogP contribution < -0.4 is 0 Å². The Bertz CT molecular complexity index is 135. The van der Waals surface area contributed by atoms with E-state index in [4.69, 9.17) is 0 Å². The molecule has 6 heteroatoms. The molecule has 0 bridgehead atoms. The summed E-state index contributed by atoms with van der Waals surface area (Å²) in [6.45, 7) is 0. The Labute approximate surface area is 47.0 Å². The molecule has 0 heterocycles. The second-order valence-corrected chi connectivity index (χ2v) is 10.6. The minimum atomic E-state index is -5.35. The van der Waals surface area contributed by atoms with E-state index >= 15 is 0 Å². The molecule has 0 fully saturated rings. The van der Waals surface area contributed by atoms with Crippen LogP contribution in [0, 0.1) is 0 Å². The Hall–Kier alpha value is 0.989. The third-order valence-electron chi connectivity index (χ3n) is 0. The van der Waals surface area contributed by atoms with Crippen LogP contribution in [0.5, 0.6) is 0 Å². The Morgan fingerprint density at radius 3 is 1.00 bits per heavy atom. The molecule has 0 aliphatic heterocycles. The second-order valence-electron chi connectivity index (χ2n) is 0.575. The molecule has 0 aliphatic rings. The van der Waals surface area contributed by atoms with Gasteiger partial charge in [-0.05, 0) is 0 Å². The maximum absolute atomic E-state index is 9.58. The summed E-state index contributed by atoms with van der Waals surface area (Å²) in [4.78, 5) is 0. The molecule has 0 amide bonds. The van der Waals surface area contributed by atoms with Crippen LogP contribution in [-0.2, 0) is 16.6 Å². The van der Waals surface area contributed by atoms with Crippen LogP contribution >= 0.6 is 30.3 Å². The molecule has 0 saturated heterocycles.